The van der Waals surface area contributed by atoms with Crippen molar-refractivity contribution in [1.82, 2.24) is 0 Å². The molecule has 2 saturated heterocycles. The van der Waals surface area contributed by atoms with E-state index in [1.54, 1.807) is 6.07 Å². The van der Waals surface area contributed by atoms with E-state index in [1.807, 2.05) is 39.8 Å². The second-order valence-corrected chi connectivity index (χ2v) is 6.57. The molecule has 2 aliphatic rings. The summed E-state index contributed by atoms with van der Waals surface area (Å²) in [4.78, 5) is 0. The zero-order chi connectivity index (χ0) is 14.5. The van der Waals surface area contributed by atoms with E-state index in [4.69, 9.17) is 14.0 Å². The van der Waals surface area contributed by atoms with E-state index in [2.05, 4.69) is 0 Å². The van der Waals surface area contributed by atoms with Gasteiger partial charge in [0.1, 0.15) is 5.82 Å². The Bertz CT molecular complexity index is 510. The van der Waals surface area contributed by atoms with E-state index in [-0.39, 0.29) is 11.7 Å². The Balaban J connectivity index is 1.92. The number of hydrogen-bond donors (Lipinski definition) is 0. The third-order valence-electron chi connectivity index (χ3n) is 4.64. The van der Waals surface area contributed by atoms with E-state index < -0.39 is 18.3 Å². The largest absolute Gasteiger partial charge is 0.497 e. The van der Waals surface area contributed by atoms with Crippen molar-refractivity contribution in [2.45, 2.75) is 44.8 Å². The van der Waals surface area contributed by atoms with Crippen LogP contribution in [0.5, 0.6) is 0 Å². The van der Waals surface area contributed by atoms with Crippen molar-refractivity contribution < 1.29 is 18.4 Å². The van der Waals surface area contributed by atoms with Gasteiger partial charge in [0.25, 0.3) is 0 Å². The Morgan fingerprint density at radius 1 is 1.10 bits per heavy atom. The highest BCUT2D eigenvalue weighted by Crippen LogP contribution is 2.37. The number of halogens is 1. The van der Waals surface area contributed by atoms with Crippen LogP contribution in [0.25, 0.3) is 0 Å². The summed E-state index contributed by atoms with van der Waals surface area (Å²) in [5.74, 6) is -0.0725. The van der Waals surface area contributed by atoms with Gasteiger partial charge >= 0.3 is 7.12 Å². The summed E-state index contributed by atoms with van der Waals surface area (Å²) in [5, 5.41) is 0. The van der Waals surface area contributed by atoms with Crippen LogP contribution in [0.3, 0.4) is 0 Å². The Hall–Kier alpha value is -0.905. The molecule has 2 fully saturated rings. The number of benzene rings is 1. The first-order valence-electron chi connectivity index (χ1n) is 7.03. The average Bonchev–Trinajstić information content (AvgIpc) is 2.48. The van der Waals surface area contributed by atoms with Gasteiger partial charge in [-0.15, -0.1) is 0 Å². The van der Waals surface area contributed by atoms with Gasteiger partial charge in [-0.25, -0.2) is 4.39 Å². The molecule has 0 aliphatic carbocycles. The molecule has 2 aliphatic heterocycles. The van der Waals surface area contributed by atoms with E-state index in [0.717, 1.165) is 0 Å². The summed E-state index contributed by atoms with van der Waals surface area (Å²) >= 11 is 0. The van der Waals surface area contributed by atoms with Crippen LogP contribution in [0.15, 0.2) is 18.2 Å². The monoisotopic (exact) mass is 278 g/mol. The summed E-state index contributed by atoms with van der Waals surface area (Å²) in [7, 11) is -0.652. The van der Waals surface area contributed by atoms with Crippen LogP contribution in [0.4, 0.5) is 4.39 Å². The molecule has 20 heavy (non-hydrogen) atoms. The second kappa shape index (κ2) is 4.55. The Kier molecular flexibility index (Phi) is 3.20. The fraction of sp³-hybridized carbons (Fsp3) is 0.600. The smallest absolute Gasteiger partial charge is 0.399 e. The highest BCUT2D eigenvalue weighted by molar-refractivity contribution is 6.62. The lowest BCUT2D eigenvalue weighted by atomic mass is 9.76. The van der Waals surface area contributed by atoms with Crippen LogP contribution in [0, 0.1) is 5.82 Å². The summed E-state index contributed by atoms with van der Waals surface area (Å²) in [6.45, 7) is 9.04. The van der Waals surface area contributed by atoms with Gasteiger partial charge in [0.15, 0.2) is 0 Å². The lowest BCUT2D eigenvalue weighted by Crippen LogP contribution is -2.41. The van der Waals surface area contributed by atoms with Gasteiger partial charge in [-0.1, -0.05) is 18.2 Å². The summed E-state index contributed by atoms with van der Waals surface area (Å²) in [6.07, 6.45) is 0. The molecule has 3 rings (SSSR count). The number of hydrogen-bond acceptors (Lipinski definition) is 3. The quantitative estimate of drug-likeness (QED) is 0.776. The van der Waals surface area contributed by atoms with Crippen molar-refractivity contribution in [2.24, 2.45) is 0 Å². The SMILES string of the molecule is CC1(C)OB(c2cccc(C3COC3)c2F)OC1(C)C. The fourth-order valence-corrected chi connectivity index (χ4v) is 2.45. The Labute approximate surface area is 119 Å². The van der Waals surface area contributed by atoms with Crippen LogP contribution in [0.1, 0.15) is 39.2 Å². The van der Waals surface area contributed by atoms with Gasteiger partial charge in [0.05, 0.1) is 24.4 Å². The van der Waals surface area contributed by atoms with Crippen molar-refractivity contribution in [3.63, 3.8) is 0 Å². The van der Waals surface area contributed by atoms with Crippen molar-refractivity contribution in [1.29, 1.82) is 0 Å². The average molecular weight is 278 g/mol. The van der Waals surface area contributed by atoms with Crippen molar-refractivity contribution in [2.75, 3.05) is 13.2 Å². The van der Waals surface area contributed by atoms with Crippen LogP contribution < -0.4 is 5.46 Å². The molecule has 0 saturated carbocycles. The van der Waals surface area contributed by atoms with Crippen LogP contribution in [-0.2, 0) is 14.0 Å². The molecule has 1 aromatic rings. The maximum atomic E-state index is 14.7. The molecule has 0 N–H and O–H groups in total. The second-order valence-electron chi connectivity index (χ2n) is 6.57. The molecule has 2 heterocycles. The summed E-state index contributed by atoms with van der Waals surface area (Å²) < 4.78 is 31.7. The molecule has 0 radical (unpaired) electrons. The van der Waals surface area contributed by atoms with E-state index in [1.165, 1.54) is 0 Å². The van der Waals surface area contributed by atoms with E-state index in [9.17, 15) is 4.39 Å². The molecular weight excluding hydrogens is 258 g/mol. The van der Waals surface area contributed by atoms with Crippen molar-refractivity contribution in [3.8, 4) is 0 Å². The van der Waals surface area contributed by atoms with Gasteiger partial charge in [-0.05, 0) is 33.3 Å². The maximum absolute atomic E-state index is 14.7. The minimum Gasteiger partial charge on any atom is -0.399 e. The fourth-order valence-electron chi connectivity index (χ4n) is 2.45. The van der Waals surface area contributed by atoms with Crippen LogP contribution in [0.2, 0.25) is 0 Å². The zero-order valence-corrected chi connectivity index (χ0v) is 12.4. The highest BCUT2D eigenvalue weighted by Gasteiger charge is 2.52. The van der Waals surface area contributed by atoms with Gasteiger partial charge in [-0.3, -0.25) is 0 Å². The number of rotatable bonds is 2. The first-order chi connectivity index (χ1) is 9.32. The van der Waals surface area contributed by atoms with Crippen LogP contribution >= 0.6 is 0 Å². The van der Waals surface area contributed by atoms with E-state index >= 15 is 0 Å². The van der Waals surface area contributed by atoms with Gasteiger partial charge in [0.2, 0.25) is 0 Å². The maximum Gasteiger partial charge on any atom is 0.497 e. The predicted octanol–water partition coefficient (Wildman–Crippen LogP) is 2.24. The highest BCUT2D eigenvalue weighted by atomic mass is 19.1. The van der Waals surface area contributed by atoms with E-state index in [0.29, 0.717) is 24.2 Å². The molecule has 0 atom stereocenters. The standard InChI is InChI=1S/C15H20BFO3/c1-14(2)15(3,4)20-16(19-14)12-7-5-6-11(13(12)17)10-8-18-9-10/h5-7,10H,8-9H2,1-4H3. The first-order valence-corrected chi connectivity index (χ1v) is 7.03. The van der Waals surface area contributed by atoms with Crippen molar-refractivity contribution in [3.05, 3.63) is 29.6 Å². The third-order valence-corrected chi connectivity index (χ3v) is 4.64. The zero-order valence-electron chi connectivity index (χ0n) is 12.4. The van der Waals surface area contributed by atoms with Crippen molar-refractivity contribution >= 4 is 12.6 Å². The topological polar surface area (TPSA) is 27.7 Å². The summed E-state index contributed by atoms with van der Waals surface area (Å²) in [6, 6.07) is 5.41. The first kappa shape index (κ1) is 14.0. The molecule has 0 amide bonds. The molecule has 108 valence electrons. The molecule has 5 heteroatoms. The summed E-state index contributed by atoms with van der Waals surface area (Å²) in [5.41, 5.74) is 0.260. The predicted molar refractivity (Wildman–Crippen MR) is 75.7 cm³/mol. The molecule has 3 nitrogen and oxygen atoms in total. The van der Waals surface area contributed by atoms with Crippen LogP contribution in [-0.4, -0.2) is 31.5 Å². The lowest BCUT2D eigenvalue weighted by Gasteiger charge is -2.32. The molecule has 0 bridgehead atoms. The lowest BCUT2D eigenvalue weighted by molar-refractivity contribution is 0.00578. The Morgan fingerprint density at radius 2 is 1.70 bits per heavy atom. The van der Waals surface area contributed by atoms with Gasteiger partial charge in [0, 0.05) is 11.4 Å². The normalized spacial score (nSPS) is 24.8. The molecular formula is C15H20BFO3. The number of ether oxygens (including phenoxy) is 1. The minimum absolute atomic E-state index is 0.150. The molecule has 0 aromatic heterocycles. The Morgan fingerprint density at radius 3 is 2.20 bits per heavy atom. The molecule has 1 aromatic carbocycles. The molecule has 0 spiro atoms. The molecule has 0 unspecified atom stereocenters. The third kappa shape index (κ3) is 2.08. The van der Waals surface area contributed by atoms with Gasteiger partial charge < -0.3 is 14.0 Å². The van der Waals surface area contributed by atoms with Gasteiger partial charge in [-0.2, -0.15) is 0 Å². The minimum atomic E-state index is -0.652.